The predicted octanol–water partition coefficient (Wildman–Crippen LogP) is 10.1. The molecule has 0 aliphatic carbocycles. The SMILES string of the molecule is C=C(C)C(=O)OCCCCCCOc1ccc(C(=O)Oc2ccc(CNc3ccc(/N=N/c4ccc(OC(C)=O)cc4)c4ccccc34)cc2)cc1. The van der Waals surface area contributed by atoms with Crippen molar-refractivity contribution in [3.63, 3.8) is 0 Å². The Kier molecular flexibility index (Phi) is 13.2. The lowest BCUT2D eigenvalue weighted by atomic mass is 10.1. The number of benzene rings is 5. The van der Waals surface area contributed by atoms with Crippen LogP contribution in [0.4, 0.5) is 17.1 Å². The van der Waals surface area contributed by atoms with E-state index in [0.717, 1.165) is 53.4 Å². The van der Waals surface area contributed by atoms with E-state index in [-0.39, 0.29) is 11.9 Å². The van der Waals surface area contributed by atoms with Gasteiger partial charge in [0, 0.05) is 35.5 Å². The maximum atomic E-state index is 12.8. The van der Waals surface area contributed by atoms with Crippen molar-refractivity contribution in [1.82, 2.24) is 0 Å². The minimum Gasteiger partial charge on any atom is -0.494 e. The third-order valence-electron chi connectivity index (χ3n) is 7.87. The summed E-state index contributed by atoms with van der Waals surface area (Å²) in [6.45, 7) is 8.07. The fourth-order valence-electron chi connectivity index (χ4n) is 5.14. The number of unbranched alkanes of at least 4 members (excludes halogenated alkanes) is 3. The summed E-state index contributed by atoms with van der Waals surface area (Å²) in [7, 11) is 0. The van der Waals surface area contributed by atoms with Gasteiger partial charge in [-0.1, -0.05) is 43.0 Å². The molecule has 0 spiro atoms. The normalized spacial score (nSPS) is 10.9. The first-order valence-corrected chi connectivity index (χ1v) is 17.1. The molecule has 0 aromatic heterocycles. The van der Waals surface area contributed by atoms with Gasteiger partial charge in [0.05, 0.1) is 30.2 Å². The number of nitrogens with one attached hydrogen (secondary N) is 1. The van der Waals surface area contributed by atoms with Crippen LogP contribution in [0.2, 0.25) is 0 Å². The van der Waals surface area contributed by atoms with E-state index >= 15 is 0 Å². The Hall–Kier alpha value is -6.29. The number of carbonyl (C=O) groups is 3. The maximum Gasteiger partial charge on any atom is 0.343 e. The molecular formula is C42H41N3O7. The number of esters is 3. The highest BCUT2D eigenvalue weighted by Gasteiger charge is 2.10. The molecule has 5 rings (SSSR count). The van der Waals surface area contributed by atoms with E-state index in [1.807, 2.05) is 48.5 Å². The van der Waals surface area contributed by atoms with Crippen LogP contribution in [0.3, 0.4) is 0 Å². The molecule has 0 radical (unpaired) electrons. The Balaban J connectivity index is 1.07. The lowest BCUT2D eigenvalue weighted by molar-refractivity contribution is -0.139. The zero-order valence-corrected chi connectivity index (χ0v) is 29.3. The number of nitrogens with zero attached hydrogens (tertiary/aromatic N) is 2. The van der Waals surface area contributed by atoms with Crippen molar-refractivity contribution in [2.45, 2.75) is 46.1 Å². The van der Waals surface area contributed by atoms with Gasteiger partial charge in [-0.2, -0.15) is 5.11 Å². The molecule has 52 heavy (non-hydrogen) atoms. The third-order valence-corrected chi connectivity index (χ3v) is 7.87. The number of hydrogen-bond acceptors (Lipinski definition) is 10. The zero-order valence-electron chi connectivity index (χ0n) is 29.3. The highest BCUT2D eigenvalue weighted by atomic mass is 16.5. The fraction of sp³-hybridized carbons (Fsp3) is 0.214. The summed E-state index contributed by atoms with van der Waals surface area (Å²) in [6.07, 6.45) is 3.58. The molecule has 0 atom stereocenters. The number of fused-ring (bicyclic) bond motifs is 1. The minimum atomic E-state index is -0.451. The summed E-state index contributed by atoms with van der Waals surface area (Å²) in [5, 5.41) is 14.3. The Morgan fingerprint density at radius 1 is 0.654 bits per heavy atom. The largest absolute Gasteiger partial charge is 0.494 e. The van der Waals surface area contributed by atoms with Crippen LogP contribution in [0.15, 0.2) is 132 Å². The smallest absolute Gasteiger partial charge is 0.343 e. The molecule has 0 aliphatic rings. The van der Waals surface area contributed by atoms with Gasteiger partial charge in [-0.3, -0.25) is 4.79 Å². The van der Waals surface area contributed by atoms with Crippen molar-refractivity contribution >= 4 is 45.7 Å². The van der Waals surface area contributed by atoms with Crippen molar-refractivity contribution in [2.24, 2.45) is 10.2 Å². The summed E-state index contributed by atoms with van der Waals surface area (Å²) in [5.74, 6) is 0.403. The molecule has 0 amide bonds. The second-order valence-electron chi connectivity index (χ2n) is 12.1. The van der Waals surface area contributed by atoms with E-state index in [4.69, 9.17) is 18.9 Å². The quantitative estimate of drug-likeness (QED) is 0.0334. The van der Waals surface area contributed by atoms with Crippen LogP contribution in [0, 0.1) is 0 Å². The predicted molar refractivity (Wildman–Crippen MR) is 201 cm³/mol. The summed E-state index contributed by atoms with van der Waals surface area (Å²) >= 11 is 0. The van der Waals surface area contributed by atoms with Gasteiger partial charge in [-0.05, 0) is 111 Å². The molecule has 0 bridgehead atoms. The molecule has 10 heteroatoms. The molecule has 0 aliphatic heterocycles. The van der Waals surface area contributed by atoms with E-state index in [0.29, 0.717) is 53.8 Å². The molecule has 0 saturated carbocycles. The summed E-state index contributed by atoms with van der Waals surface area (Å²) in [4.78, 5) is 35.3. The molecule has 0 saturated heterocycles. The zero-order chi connectivity index (χ0) is 36.7. The molecule has 0 unspecified atom stereocenters. The topological polar surface area (TPSA) is 125 Å². The first-order valence-electron chi connectivity index (χ1n) is 17.1. The fourth-order valence-corrected chi connectivity index (χ4v) is 5.14. The Morgan fingerprint density at radius 3 is 1.98 bits per heavy atom. The van der Waals surface area contributed by atoms with Crippen LogP contribution in [-0.2, 0) is 20.9 Å². The van der Waals surface area contributed by atoms with E-state index < -0.39 is 5.97 Å². The van der Waals surface area contributed by atoms with Crippen molar-refractivity contribution in [3.8, 4) is 17.2 Å². The maximum absolute atomic E-state index is 12.8. The lowest BCUT2D eigenvalue weighted by Crippen LogP contribution is -2.08. The molecule has 1 N–H and O–H groups in total. The van der Waals surface area contributed by atoms with E-state index in [9.17, 15) is 14.4 Å². The van der Waals surface area contributed by atoms with Gasteiger partial charge in [-0.25, -0.2) is 9.59 Å². The van der Waals surface area contributed by atoms with E-state index in [1.54, 1.807) is 67.6 Å². The van der Waals surface area contributed by atoms with Gasteiger partial charge in [0.25, 0.3) is 0 Å². The van der Waals surface area contributed by atoms with Crippen LogP contribution in [0.25, 0.3) is 10.8 Å². The minimum absolute atomic E-state index is 0.350. The molecular weight excluding hydrogens is 658 g/mol. The highest BCUT2D eigenvalue weighted by Crippen LogP contribution is 2.33. The highest BCUT2D eigenvalue weighted by molar-refractivity contribution is 6.00. The van der Waals surface area contributed by atoms with E-state index in [2.05, 4.69) is 22.1 Å². The van der Waals surface area contributed by atoms with Crippen LogP contribution in [0.5, 0.6) is 17.2 Å². The number of anilines is 1. The Morgan fingerprint density at radius 2 is 1.29 bits per heavy atom. The van der Waals surface area contributed by atoms with Crippen molar-refractivity contribution in [1.29, 1.82) is 0 Å². The van der Waals surface area contributed by atoms with Crippen LogP contribution in [-0.4, -0.2) is 31.1 Å². The molecule has 0 fully saturated rings. The van der Waals surface area contributed by atoms with Gasteiger partial charge in [0.1, 0.15) is 17.2 Å². The van der Waals surface area contributed by atoms with Crippen molar-refractivity contribution < 1.29 is 33.3 Å². The van der Waals surface area contributed by atoms with Crippen LogP contribution < -0.4 is 19.5 Å². The molecule has 0 heterocycles. The summed E-state index contributed by atoms with van der Waals surface area (Å²) in [5.41, 5.74) is 4.15. The number of hydrogen-bond donors (Lipinski definition) is 1. The van der Waals surface area contributed by atoms with Gasteiger partial charge in [0.2, 0.25) is 0 Å². The Labute approximate surface area is 303 Å². The van der Waals surface area contributed by atoms with Gasteiger partial charge in [-0.15, -0.1) is 5.11 Å². The Bertz CT molecular complexity index is 2020. The van der Waals surface area contributed by atoms with Gasteiger partial charge in [0.15, 0.2) is 0 Å². The first kappa shape index (κ1) is 37.0. The van der Waals surface area contributed by atoms with Gasteiger partial charge < -0.3 is 24.3 Å². The molecule has 266 valence electrons. The average Bonchev–Trinajstić information content (AvgIpc) is 3.15. The first-order chi connectivity index (χ1) is 25.2. The second kappa shape index (κ2) is 18.6. The van der Waals surface area contributed by atoms with Crippen LogP contribution in [0.1, 0.15) is 55.5 Å². The monoisotopic (exact) mass is 699 g/mol. The average molecular weight is 700 g/mol. The standard InChI is InChI=1S/C42H41N3O7/c1-29(2)41(47)50-27-9-5-4-8-26-49-34-20-14-32(15-21-34)42(48)52-36-18-12-31(13-19-36)28-43-39-24-25-40(38-11-7-6-10-37(38)39)45-44-33-16-22-35(23-17-33)51-30(3)46/h6-7,10-25,43H,1,4-5,8-9,26-28H2,2-3H3/b45-44+. The van der Waals surface area contributed by atoms with E-state index in [1.165, 1.54) is 6.92 Å². The summed E-state index contributed by atoms with van der Waals surface area (Å²) in [6, 6.07) is 33.0. The number of ether oxygens (including phenoxy) is 4. The molecule has 5 aromatic rings. The van der Waals surface area contributed by atoms with Crippen molar-refractivity contribution in [3.05, 3.63) is 132 Å². The molecule has 10 nitrogen and oxygen atoms in total. The third kappa shape index (κ3) is 11.1. The number of azo groups is 1. The second-order valence-corrected chi connectivity index (χ2v) is 12.1. The molecule has 5 aromatic carbocycles. The number of carbonyl (C=O) groups excluding carboxylic acids is 3. The summed E-state index contributed by atoms with van der Waals surface area (Å²) < 4.78 is 21.6. The van der Waals surface area contributed by atoms with Crippen LogP contribution >= 0.6 is 0 Å². The lowest BCUT2D eigenvalue weighted by Gasteiger charge is -2.12. The number of rotatable bonds is 17. The van der Waals surface area contributed by atoms with Crippen molar-refractivity contribution in [2.75, 3.05) is 18.5 Å². The van der Waals surface area contributed by atoms with Gasteiger partial charge >= 0.3 is 17.9 Å².